The van der Waals surface area contributed by atoms with Gasteiger partial charge in [-0.3, -0.25) is 4.79 Å². The summed E-state index contributed by atoms with van der Waals surface area (Å²) in [6, 6.07) is 3.67. The molecule has 17 heavy (non-hydrogen) atoms. The van der Waals surface area contributed by atoms with Crippen LogP contribution < -0.4 is 11.1 Å². The van der Waals surface area contributed by atoms with Crippen molar-refractivity contribution in [1.82, 2.24) is 10.3 Å². The second-order valence-electron chi connectivity index (χ2n) is 5.52. The molecule has 1 unspecified atom stereocenters. The van der Waals surface area contributed by atoms with Crippen LogP contribution in [0.3, 0.4) is 0 Å². The Balaban J connectivity index is 2.01. The van der Waals surface area contributed by atoms with Crippen molar-refractivity contribution in [3.05, 3.63) is 24.0 Å². The summed E-state index contributed by atoms with van der Waals surface area (Å²) in [4.78, 5) is 16.0. The third-order valence-electron chi connectivity index (χ3n) is 3.36. The van der Waals surface area contributed by atoms with Crippen LogP contribution in [0.5, 0.6) is 0 Å². The topological polar surface area (TPSA) is 68.0 Å². The molecule has 1 heterocycles. The highest BCUT2D eigenvalue weighted by Gasteiger charge is 2.32. The molecule has 0 bridgehead atoms. The molecule has 1 aromatic rings. The van der Waals surface area contributed by atoms with Gasteiger partial charge in [-0.1, -0.05) is 13.8 Å². The lowest BCUT2D eigenvalue weighted by molar-refractivity contribution is 0.0932. The molecule has 0 aliphatic heterocycles. The van der Waals surface area contributed by atoms with Crippen LogP contribution in [-0.4, -0.2) is 16.9 Å². The summed E-state index contributed by atoms with van der Waals surface area (Å²) in [5, 5.41) is 3.01. The number of nitrogen functional groups attached to an aromatic ring is 1. The number of carbonyl (C=O) groups is 1. The van der Waals surface area contributed by atoms with Crippen molar-refractivity contribution in [2.24, 2.45) is 5.41 Å². The van der Waals surface area contributed by atoms with Crippen molar-refractivity contribution in [3.8, 4) is 0 Å². The van der Waals surface area contributed by atoms with E-state index in [1.165, 1.54) is 0 Å². The number of aromatic nitrogens is 1. The van der Waals surface area contributed by atoms with Crippen molar-refractivity contribution < 1.29 is 4.79 Å². The van der Waals surface area contributed by atoms with Crippen LogP contribution in [0.4, 0.5) is 5.69 Å². The minimum absolute atomic E-state index is 0.161. The smallest absolute Gasteiger partial charge is 0.272 e. The zero-order valence-electron chi connectivity index (χ0n) is 10.4. The molecular formula is C13H19N3O. The molecule has 0 saturated heterocycles. The van der Waals surface area contributed by atoms with Gasteiger partial charge < -0.3 is 11.1 Å². The van der Waals surface area contributed by atoms with Crippen LogP contribution in [0.25, 0.3) is 0 Å². The fourth-order valence-electron chi connectivity index (χ4n) is 2.42. The van der Waals surface area contributed by atoms with E-state index in [1.54, 1.807) is 18.3 Å². The molecule has 0 aromatic carbocycles. The van der Waals surface area contributed by atoms with Gasteiger partial charge in [0.15, 0.2) is 5.69 Å². The Labute approximate surface area is 102 Å². The molecule has 1 aromatic heterocycles. The first-order valence-corrected chi connectivity index (χ1v) is 5.99. The minimum Gasteiger partial charge on any atom is -0.397 e. The SMILES string of the molecule is CC1(C)CCC(NC(=O)c2ncccc2N)C1. The molecule has 4 heteroatoms. The van der Waals surface area contributed by atoms with Gasteiger partial charge in [0, 0.05) is 12.2 Å². The summed E-state index contributed by atoms with van der Waals surface area (Å²) in [7, 11) is 0. The van der Waals surface area contributed by atoms with Crippen LogP contribution in [0.1, 0.15) is 43.6 Å². The largest absolute Gasteiger partial charge is 0.397 e. The zero-order chi connectivity index (χ0) is 12.5. The average molecular weight is 233 g/mol. The van der Waals surface area contributed by atoms with E-state index >= 15 is 0 Å². The Morgan fingerprint density at radius 1 is 1.59 bits per heavy atom. The predicted octanol–water partition coefficient (Wildman–Crippen LogP) is 1.97. The normalized spacial score (nSPS) is 22.4. The zero-order valence-corrected chi connectivity index (χ0v) is 10.4. The number of nitrogens with zero attached hydrogens (tertiary/aromatic N) is 1. The number of nitrogens with one attached hydrogen (secondary N) is 1. The molecule has 3 N–H and O–H groups in total. The highest BCUT2D eigenvalue weighted by Crippen LogP contribution is 2.36. The standard InChI is InChI=1S/C13H19N3O/c1-13(2)6-5-9(8-13)16-12(17)11-10(14)4-3-7-15-11/h3-4,7,9H,5-6,8,14H2,1-2H3,(H,16,17). The maximum absolute atomic E-state index is 12.0. The Kier molecular flexibility index (Phi) is 3.05. The Morgan fingerprint density at radius 3 is 2.94 bits per heavy atom. The van der Waals surface area contributed by atoms with Crippen LogP contribution in [0, 0.1) is 5.41 Å². The molecule has 1 amide bonds. The maximum atomic E-state index is 12.0. The molecule has 1 aliphatic carbocycles. The summed E-state index contributed by atoms with van der Waals surface area (Å²) in [5.74, 6) is -0.161. The monoisotopic (exact) mass is 233 g/mol. The molecule has 1 fully saturated rings. The molecule has 1 saturated carbocycles. The highest BCUT2D eigenvalue weighted by molar-refractivity contribution is 5.97. The summed E-state index contributed by atoms with van der Waals surface area (Å²) >= 11 is 0. The molecule has 1 atom stereocenters. The Morgan fingerprint density at radius 2 is 2.35 bits per heavy atom. The Hall–Kier alpha value is -1.58. The number of nitrogens with two attached hydrogens (primary N) is 1. The van der Waals surface area contributed by atoms with E-state index in [9.17, 15) is 4.79 Å². The summed E-state index contributed by atoms with van der Waals surface area (Å²) in [6.45, 7) is 4.46. The van der Waals surface area contributed by atoms with Gasteiger partial charge in [-0.25, -0.2) is 4.98 Å². The second kappa shape index (κ2) is 4.35. The summed E-state index contributed by atoms with van der Waals surface area (Å²) < 4.78 is 0. The third kappa shape index (κ3) is 2.75. The van der Waals surface area contributed by atoms with Crippen LogP contribution >= 0.6 is 0 Å². The van der Waals surface area contributed by atoms with Gasteiger partial charge >= 0.3 is 0 Å². The number of anilines is 1. The van der Waals surface area contributed by atoms with E-state index in [-0.39, 0.29) is 11.9 Å². The van der Waals surface area contributed by atoms with Crippen molar-refractivity contribution in [2.75, 3.05) is 5.73 Å². The van der Waals surface area contributed by atoms with E-state index < -0.39 is 0 Å². The first kappa shape index (κ1) is 11.9. The van der Waals surface area contributed by atoms with Gasteiger partial charge in [-0.05, 0) is 36.8 Å². The lowest BCUT2D eigenvalue weighted by atomic mass is 9.92. The number of hydrogen-bond acceptors (Lipinski definition) is 3. The Bertz CT molecular complexity index is 428. The van der Waals surface area contributed by atoms with Crippen LogP contribution in [-0.2, 0) is 0 Å². The fraction of sp³-hybridized carbons (Fsp3) is 0.538. The predicted molar refractivity (Wildman–Crippen MR) is 67.5 cm³/mol. The molecule has 92 valence electrons. The van der Waals surface area contributed by atoms with E-state index in [0.717, 1.165) is 19.3 Å². The van der Waals surface area contributed by atoms with Gasteiger partial charge in [0.1, 0.15) is 0 Å². The molecule has 0 radical (unpaired) electrons. The number of rotatable bonds is 2. The lowest BCUT2D eigenvalue weighted by Crippen LogP contribution is -2.34. The quantitative estimate of drug-likeness (QED) is 0.820. The molecule has 2 rings (SSSR count). The van der Waals surface area contributed by atoms with Crippen molar-refractivity contribution >= 4 is 11.6 Å². The lowest BCUT2D eigenvalue weighted by Gasteiger charge is -2.17. The molecular weight excluding hydrogens is 214 g/mol. The van der Waals surface area contributed by atoms with Gasteiger partial charge in [-0.15, -0.1) is 0 Å². The van der Waals surface area contributed by atoms with Gasteiger partial charge in [0.2, 0.25) is 0 Å². The minimum atomic E-state index is -0.161. The maximum Gasteiger partial charge on any atom is 0.272 e. The van der Waals surface area contributed by atoms with E-state index in [1.807, 2.05) is 0 Å². The first-order valence-electron chi connectivity index (χ1n) is 5.99. The first-order chi connectivity index (χ1) is 7.98. The van der Waals surface area contributed by atoms with Gasteiger partial charge in [0.05, 0.1) is 5.69 Å². The van der Waals surface area contributed by atoms with Crippen molar-refractivity contribution in [2.45, 2.75) is 39.2 Å². The number of amides is 1. The van der Waals surface area contributed by atoms with Crippen LogP contribution in [0.2, 0.25) is 0 Å². The summed E-state index contributed by atoms with van der Waals surface area (Å²) in [5.41, 5.74) is 6.82. The second-order valence-corrected chi connectivity index (χ2v) is 5.52. The number of carbonyl (C=O) groups excluding carboxylic acids is 1. The average Bonchev–Trinajstić information content (AvgIpc) is 2.58. The van der Waals surface area contributed by atoms with E-state index in [4.69, 9.17) is 5.73 Å². The number of pyridine rings is 1. The highest BCUT2D eigenvalue weighted by atomic mass is 16.2. The van der Waals surface area contributed by atoms with E-state index in [2.05, 4.69) is 24.1 Å². The molecule has 4 nitrogen and oxygen atoms in total. The number of hydrogen-bond donors (Lipinski definition) is 2. The molecule has 0 spiro atoms. The van der Waals surface area contributed by atoms with Crippen molar-refractivity contribution in [3.63, 3.8) is 0 Å². The third-order valence-corrected chi connectivity index (χ3v) is 3.36. The fourth-order valence-corrected chi connectivity index (χ4v) is 2.42. The van der Waals surface area contributed by atoms with Crippen molar-refractivity contribution in [1.29, 1.82) is 0 Å². The summed E-state index contributed by atoms with van der Waals surface area (Å²) in [6.07, 6.45) is 4.79. The molecule has 1 aliphatic rings. The van der Waals surface area contributed by atoms with Gasteiger partial charge in [0.25, 0.3) is 5.91 Å². The van der Waals surface area contributed by atoms with Crippen LogP contribution in [0.15, 0.2) is 18.3 Å². The van der Waals surface area contributed by atoms with Gasteiger partial charge in [-0.2, -0.15) is 0 Å². The van der Waals surface area contributed by atoms with E-state index in [0.29, 0.717) is 16.8 Å².